The molecule has 90 valence electrons. The van der Waals surface area contributed by atoms with E-state index in [2.05, 4.69) is 10.5 Å². The van der Waals surface area contributed by atoms with Crippen molar-refractivity contribution in [3.05, 3.63) is 35.4 Å². The summed E-state index contributed by atoms with van der Waals surface area (Å²) in [6.45, 7) is 3.42. The SMILES string of the molecule is C/C=C(\C)C(=O)N/N=C/c1ccc(O)cc1O. The van der Waals surface area contributed by atoms with E-state index in [1.165, 1.54) is 24.4 Å². The van der Waals surface area contributed by atoms with Gasteiger partial charge in [-0.3, -0.25) is 4.79 Å². The van der Waals surface area contributed by atoms with Crippen LogP contribution in [-0.4, -0.2) is 22.3 Å². The third kappa shape index (κ3) is 3.64. The van der Waals surface area contributed by atoms with Gasteiger partial charge < -0.3 is 10.2 Å². The summed E-state index contributed by atoms with van der Waals surface area (Å²) in [7, 11) is 0. The zero-order valence-electron chi connectivity index (χ0n) is 9.64. The molecular weight excluding hydrogens is 220 g/mol. The molecule has 0 aromatic heterocycles. The number of amides is 1. The molecule has 0 bridgehead atoms. The minimum Gasteiger partial charge on any atom is -0.508 e. The number of phenols is 2. The van der Waals surface area contributed by atoms with Crippen LogP contribution in [0.4, 0.5) is 0 Å². The van der Waals surface area contributed by atoms with Gasteiger partial charge in [0.15, 0.2) is 0 Å². The van der Waals surface area contributed by atoms with Gasteiger partial charge in [0.05, 0.1) is 6.21 Å². The van der Waals surface area contributed by atoms with Crippen molar-refractivity contribution in [2.45, 2.75) is 13.8 Å². The Labute approximate surface area is 99.1 Å². The lowest BCUT2D eigenvalue weighted by atomic mass is 10.2. The smallest absolute Gasteiger partial charge is 0.266 e. The Morgan fingerprint density at radius 2 is 2.12 bits per heavy atom. The van der Waals surface area contributed by atoms with Crippen molar-refractivity contribution in [3.63, 3.8) is 0 Å². The molecule has 0 saturated carbocycles. The highest BCUT2D eigenvalue weighted by Crippen LogP contribution is 2.20. The van der Waals surface area contributed by atoms with Gasteiger partial charge >= 0.3 is 0 Å². The monoisotopic (exact) mass is 234 g/mol. The number of nitrogens with zero attached hydrogens (tertiary/aromatic N) is 1. The molecule has 0 aliphatic rings. The average molecular weight is 234 g/mol. The second kappa shape index (κ2) is 5.69. The van der Waals surface area contributed by atoms with Crippen LogP contribution in [0.2, 0.25) is 0 Å². The fraction of sp³-hybridized carbons (Fsp3) is 0.167. The van der Waals surface area contributed by atoms with Gasteiger partial charge in [0.25, 0.3) is 5.91 Å². The van der Waals surface area contributed by atoms with Crippen molar-refractivity contribution in [2.24, 2.45) is 5.10 Å². The van der Waals surface area contributed by atoms with Crippen LogP contribution in [0.5, 0.6) is 11.5 Å². The Kier molecular flexibility index (Phi) is 4.28. The number of hydrogen-bond donors (Lipinski definition) is 3. The van der Waals surface area contributed by atoms with Crippen molar-refractivity contribution in [2.75, 3.05) is 0 Å². The van der Waals surface area contributed by atoms with Gasteiger partial charge in [0.2, 0.25) is 0 Å². The van der Waals surface area contributed by atoms with Crippen LogP contribution in [0.1, 0.15) is 19.4 Å². The van der Waals surface area contributed by atoms with Gasteiger partial charge in [-0.05, 0) is 26.0 Å². The van der Waals surface area contributed by atoms with Crippen molar-refractivity contribution in [1.29, 1.82) is 0 Å². The van der Waals surface area contributed by atoms with E-state index in [0.717, 1.165) is 0 Å². The molecule has 0 spiro atoms. The minimum atomic E-state index is -0.304. The molecule has 0 aliphatic heterocycles. The zero-order valence-corrected chi connectivity index (χ0v) is 9.64. The first-order valence-electron chi connectivity index (χ1n) is 5.03. The second-order valence-corrected chi connectivity index (χ2v) is 3.41. The first kappa shape index (κ1) is 12.8. The Hall–Kier alpha value is -2.30. The predicted octanol–water partition coefficient (Wildman–Crippen LogP) is 1.51. The van der Waals surface area contributed by atoms with Crippen molar-refractivity contribution in [1.82, 2.24) is 5.43 Å². The molecule has 3 N–H and O–H groups in total. The maximum absolute atomic E-state index is 11.3. The fourth-order valence-corrected chi connectivity index (χ4v) is 1.02. The van der Waals surface area contributed by atoms with E-state index in [1.807, 2.05) is 0 Å². The molecule has 0 radical (unpaired) electrons. The highest BCUT2D eigenvalue weighted by molar-refractivity contribution is 5.93. The summed E-state index contributed by atoms with van der Waals surface area (Å²) in [5, 5.41) is 22.2. The number of hydrazone groups is 1. The van der Waals surface area contributed by atoms with Gasteiger partial charge in [0, 0.05) is 17.2 Å². The molecule has 5 nitrogen and oxygen atoms in total. The third-order valence-electron chi connectivity index (χ3n) is 2.17. The zero-order chi connectivity index (χ0) is 12.8. The Bertz CT molecular complexity index is 479. The first-order chi connectivity index (χ1) is 8.04. The van der Waals surface area contributed by atoms with Crippen LogP contribution in [0.3, 0.4) is 0 Å². The Morgan fingerprint density at radius 3 is 2.71 bits per heavy atom. The molecule has 0 fully saturated rings. The molecule has 1 rings (SSSR count). The molecule has 17 heavy (non-hydrogen) atoms. The van der Waals surface area contributed by atoms with Gasteiger partial charge in [-0.2, -0.15) is 5.10 Å². The van der Waals surface area contributed by atoms with E-state index < -0.39 is 0 Å². The number of rotatable bonds is 3. The van der Waals surface area contributed by atoms with E-state index in [4.69, 9.17) is 5.11 Å². The summed E-state index contributed by atoms with van der Waals surface area (Å²) in [5.41, 5.74) is 3.27. The maximum Gasteiger partial charge on any atom is 0.266 e. The number of nitrogens with one attached hydrogen (secondary N) is 1. The highest BCUT2D eigenvalue weighted by Gasteiger charge is 2.01. The second-order valence-electron chi connectivity index (χ2n) is 3.41. The molecule has 5 heteroatoms. The standard InChI is InChI=1S/C12H14N2O3/c1-3-8(2)12(17)14-13-7-9-4-5-10(15)6-11(9)16/h3-7,15-16H,1-2H3,(H,14,17)/b8-3+,13-7+. The topological polar surface area (TPSA) is 81.9 Å². The summed E-state index contributed by atoms with van der Waals surface area (Å²) in [4.78, 5) is 11.3. The van der Waals surface area contributed by atoms with Crippen LogP contribution in [0, 0.1) is 0 Å². The van der Waals surface area contributed by atoms with Crippen molar-refractivity contribution in [3.8, 4) is 11.5 Å². The lowest BCUT2D eigenvalue weighted by Gasteiger charge is -2.00. The maximum atomic E-state index is 11.3. The number of benzene rings is 1. The molecule has 1 aromatic carbocycles. The molecule has 0 aliphatic carbocycles. The van der Waals surface area contributed by atoms with Crippen LogP contribution in [0.15, 0.2) is 34.9 Å². The van der Waals surface area contributed by atoms with E-state index in [9.17, 15) is 9.90 Å². The van der Waals surface area contributed by atoms with Gasteiger partial charge in [-0.15, -0.1) is 0 Å². The van der Waals surface area contributed by atoms with E-state index in [0.29, 0.717) is 11.1 Å². The molecular formula is C12H14N2O3. The predicted molar refractivity (Wildman–Crippen MR) is 64.9 cm³/mol. The summed E-state index contributed by atoms with van der Waals surface area (Å²) in [6, 6.07) is 4.10. The number of allylic oxidation sites excluding steroid dienone is 1. The third-order valence-corrected chi connectivity index (χ3v) is 2.17. The summed E-state index contributed by atoms with van der Waals surface area (Å²) >= 11 is 0. The minimum absolute atomic E-state index is 0.0338. The summed E-state index contributed by atoms with van der Waals surface area (Å²) in [6.07, 6.45) is 2.97. The number of carbonyl (C=O) groups excluding carboxylic acids is 1. The molecule has 0 heterocycles. The van der Waals surface area contributed by atoms with E-state index in [1.54, 1.807) is 19.9 Å². The summed E-state index contributed by atoms with van der Waals surface area (Å²) < 4.78 is 0. The normalized spacial score (nSPS) is 11.8. The highest BCUT2D eigenvalue weighted by atomic mass is 16.3. The molecule has 0 atom stereocenters. The fourth-order valence-electron chi connectivity index (χ4n) is 1.02. The molecule has 0 saturated heterocycles. The molecule has 1 aromatic rings. The Morgan fingerprint density at radius 1 is 1.41 bits per heavy atom. The quantitative estimate of drug-likeness (QED) is 0.421. The van der Waals surface area contributed by atoms with Gasteiger partial charge in [0.1, 0.15) is 11.5 Å². The van der Waals surface area contributed by atoms with Crippen molar-refractivity contribution >= 4 is 12.1 Å². The number of phenolic OH excluding ortho intramolecular Hbond substituents is 2. The average Bonchev–Trinajstić information content (AvgIpc) is 2.30. The largest absolute Gasteiger partial charge is 0.508 e. The van der Waals surface area contributed by atoms with Crippen LogP contribution in [-0.2, 0) is 4.79 Å². The summed E-state index contributed by atoms with van der Waals surface area (Å²) in [5.74, 6) is -0.443. The van der Waals surface area contributed by atoms with Crippen LogP contribution in [0.25, 0.3) is 0 Å². The van der Waals surface area contributed by atoms with Crippen molar-refractivity contribution < 1.29 is 15.0 Å². The van der Waals surface area contributed by atoms with Gasteiger partial charge in [-0.25, -0.2) is 5.43 Å². The molecule has 1 amide bonds. The number of hydrogen-bond acceptors (Lipinski definition) is 4. The number of aromatic hydroxyl groups is 2. The first-order valence-corrected chi connectivity index (χ1v) is 5.03. The van der Waals surface area contributed by atoms with Crippen LogP contribution < -0.4 is 5.43 Å². The lowest BCUT2D eigenvalue weighted by Crippen LogP contribution is -2.18. The van der Waals surface area contributed by atoms with Gasteiger partial charge in [-0.1, -0.05) is 6.08 Å². The van der Waals surface area contributed by atoms with E-state index in [-0.39, 0.29) is 17.4 Å². The number of carbonyl (C=O) groups is 1. The van der Waals surface area contributed by atoms with Crippen LogP contribution >= 0.6 is 0 Å². The lowest BCUT2D eigenvalue weighted by molar-refractivity contribution is -0.117. The van der Waals surface area contributed by atoms with E-state index >= 15 is 0 Å². The Balaban J connectivity index is 2.69. The molecule has 0 unspecified atom stereocenters.